The van der Waals surface area contributed by atoms with E-state index < -0.39 is 28.5 Å². The van der Waals surface area contributed by atoms with Gasteiger partial charge in [-0.15, -0.1) is 5.10 Å². The van der Waals surface area contributed by atoms with Gasteiger partial charge in [-0.2, -0.15) is 4.68 Å². The molecule has 0 radical (unpaired) electrons. The molecule has 2 atom stereocenters. The summed E-state index contributed by atoms with van der Waals surface area (Å²) in [7, 11) is 4.88. The van der Waals surface area contributed by atoms with Gasteiger partial charge < -0.3 is 15.0 Å². The van der Waals surface area contributed by atoms with Crippen molar-refractivity contribution in [2.24, 2.45) is 0 Å². The number of hydrogen-bond donors (Lipinski definition) is 2. The number of pyridine rings is 1. The summed E-state index contributed by atoms with van der Waals surface area (Å²) in [4.78, 5) is 27.0. The predicted molar refractivity (Wildman–Crippen MR) is 150 cm³/mol. The van der Waals surface area contributed by atoms with Crippen molar-refractivity contribution in [3.05, 3.63) is 76.7 Å². The number of nitrogens with zero attached hydrogens (tertiary/aromatic N) is 7. The second-order valence-corrected chi connectivity index (χ2v) is 11.3. The third-order valence-corrected chi connectivity index (χ3v) is 7.91. The molecule has 0 spiro atoms. The Hall–Kier alpha value is -3.84. The lowest BCUT2D eigenvalue weighted by Gasteiger charge is -2.42. The number of halogens is 3. The molecule has 2 aliphatic rings. The van der Waals surface area contributed by atoms with Gasteiger partial charge in [0.1, 0.15) is 35.7 Å². The van der Waals surface area contributed by atoms with E-state index in [0.29, 0.717) is 42.0 Å². The largest absolute Gasteiger partial charge is 0.402 e. The second-order valence-electron chi connectivity index (χ2n) is 10.9. The number of fused-ring (bicyclic) bond motifs is 1. The van der Waals surface area contributed by atoms with Crippen LogP contribution in [0.25, 0.3) is 22.5 Å². The number of aromatic amines is 1. The third-order valence-electron chi connectivity index (χ3n) is 7.62. The number of aromatic nitrogens is 7. The average Bonchev–Trinajstić information content (AvgIpc) is 3.65. The minimum Gasteiger partial charge on any atom is -0.402 e. The number of rotatable bonds is 5. The molecule has 0 aliphatic carbocycles. The monoisotopic (exact) mass is 560 g/mol. The quantitative estimate of drug-likeness (QED) is 0.335. The van der Waals surface area contributed by atoms with Gasteiger partial charge in [0.15, 0.2) is 11.6 Å². The summed E-state index contributed by atoms with van der Waals surface area (Å²) >= 11 is 6.14. The molecule has 0 bridgehead atoms. The molecular weight excluding hydrogens is 538 g/mol. The van der Waals surface area contributed by atoms with Gasteiger partial charge in [-0.3, -0.25) is 9.78 Å². The number of carbonyl (C=O) groups excluding carboxylic acids is 1. The van der Waals surface area contributed by atoms with Gasteiger partial charge in [-0.05, 0) is 53.5 Å². The molecule has 1 amide bonds. The van der Waals surface area contributed by atoms with E-state index in [0.717, 1.165) is 0 Å². The van der Waals surface area contributed by atoms with E-state index in [9.17, 15) is 9.90 Å². The molecule has 5 heterocycles. The fourth-order valence-corrected chi connectivity index (χ4v) is 5.95. The predicted octanol–water partition coefficient (Wildman–Crippen LogP) is 0.228. The Bertz CT molecular complexity index is 1680. The minimum atomic E-state index is -1.47. The molecule has 1 fully saturated rings. The van der Waals surface area contributed by atoms with Crippen LogP contribution in [0.15, 0.2) is 43.0 Å². The first-order valence-corrected chi connectivity index (χ1v) is 13.0. The van der Waals surface area contributed by atoms with Crippen molar-refractivity contribution in [2.75, 3.05) is 0 Å². The molecule has 4 aromatic rings. The summed E-state index contributed by atoms with van der Waals surface area (Å²) in [6, 6.07) is 4.14. The van der Waals surface area contributed by atoms with Crippen molar-refractivity contribution in [3.63, 3.8) is 0 Å². The number of nitrogens with one attached hydrogen (secondary N) is 1. The van der Waals surface area contributed by atoms with Crippen LogP contribution >= 0.6 is 11.6 Å². The third kappa shape index (κ3) is 4.24. The molecule has 0 saturated carbocycles. The molecule has 1 saturated heterocycles. The SMILES string of the molecule is BC(B)(O)c1nccc(-c2cnc([C@@H]3CC[C@]4(B)CC(c5c(-n6cnnn6)ccc(Cl)c5F)=CC(=O)N34)[nH]2)c1F. The molecule has 1 aromatic carbocycles. The number of benzene rings is 1. The Morgan fingerprint density at radius 1 is 1.20 bits per heavy atom. The molecule has 6 rings (SSSR count). The average molecular weight is 560 g/mol. The highest BCUT2D eigenvalue weighted by Crippen LogP contribution is 2.48. The van der Waals surface area contributed by atoms with Gasteiger partial charge in [0.25, 0.3) is 0 Å². The van der Waals surface area contributed by atoms with Gasteiger partial charge in [0.05, 0.1) is 34.3 Å². The first-order valence-electron chi connectivity index (χ1n) is 12.7. The number of aliphatic hydroxyl groups is 1. The van der Waals surface area contributed by atoms with E-state index in [4.69, 9.17) is 11.6 Å². The molecule has 40 heavy (non-hydrogen) atoms. The minimum absolute atomic E-state index is 0.0729. The lowest BCUT2D eigenvalue weighted by Crippen LogP contribution is -2.51. The van der Waals surface area contributed by atoms with Crippen molar-refractivity contribution in [1.82, 2.24) is 40.1 Å². The maximum Gasteiger partial charge on any atom is 0.247 e. The zero-order valence-electron chi connectivity index (χ0n) is 21.9. The maximum atomic E-state index is 15.4. The van der Waals surface area contributed by atoms with Crippen molar-refractivity contribution in [2.45, 2.75) is 36.1 Å². The normalized spacial score (nSPS) is 21.0. The van der Waals surface area contributed by atoms with E-state index >= 15 is 8.78 Å². The summed E-state index contributed by atoms with van der Waals surface area (Å²) < 4.78 is 32.0. The van der Waals surface area contributed by atoms with Crippen LogP contribution in [0.3, 0.4) is 0 Å². The Morgan fingerprint density at radius 2 is 2.00 bits per heavy atom. The molecule has 16 heteroatoms. The maximum absolute atomic E-state index is 15.4. The van der Waals surface area contributed by atoms with E-state index in [2.05, 4.69) is 30.5 Å². The Morgan fingerprint density at radius 3 is 2.73 bits per heavy atom. The van der Waals surface area contributed by atoms with Crippen molar-refractivity contribution in [3.8, 4) is 16.9 Å². The van der Waals surface area contributed by atoms with Gasteiger partial charge in [-0.1, -0.05) is 11.6 Å². The van der Waals surface area contributed by atoms with Crippen LogP contribution in [0.1, 0.15) is 42.4 Å². The molecule has 2 N–H and O–H groups in total. The van der Waals surface area contributed by atoms with Gasteiger partial charge in [-0.25, -0.2) is 13.8 Å². The van der Waals surface area contributed by atoms with Crippen LogP contribution in [0.4, 0.5) is 8.78 Å². The lowest BCUT2D eigenvalue weighted by molar-refractivity contribution is -0.130. The summed E-state index contributed by atoms with van der Waals surface area (Å²) in [6.07, 6.45) is 7.30. The van der Waals surface area contributed by atoms with Crippen LogP contribution < -0.4 is 0 Å². The Balaban J connectivity index is 1.35. The topological polar surface area (TPSA) is 126 Å². The van der Waals surface area contributed by atoms with E-state index in [1.54, 1.807) is 11.0 Å². The van der Waals surface area contributed by atoms with Crippen molar-refractivity contribution in [1.29, 1.82) is 0 Å². The second kappa shape index (κ2) is 9.38. The summed E-state index contributed by atoms with van der Waals surface area (Å²) in [5, 5.41) is 19.9. The van der Waals surface area contributed by atoms with Crippen LogP contribution in [0, 0.1) is 11.6 Å². The standard InChI is InChI=1S/C24H22B3ClF2N8O2/c25-23-5-3-16(22-32-9-14(34-22)12-4-6-31-21(19(12)29)24(26,27)40)38(23)17(39)7-11(8-23)18-15(37-10-33-35-36-37)2-1-13(28)20(18)30/h1-2,4,6-7,9-10,16,40H,3,5,8,25-27H2,(H,32,34)/t16-,23+/m0/s1. The van der Waals surface area contributed by atoms with E-state index in [1.807, 2.05) is 7.85 Å². The Labute approximate surface area is 235 Å². The van der Waals surface area contributed by atoms with Crippen LogP contribution in [-0.2, 0) is 10.2 Å². The smallest absolute Gasteiger partial charge is 0.247 e. The van der Waals surface area contributed by atoms with Crippen LogP contribution in [-0.4, -0.2) is 80.0 Å². The summed E-state index contributed by atoms with van der Waals surface area (Å²) in [5.41, 5.74) is 0.945. The van der Waals surface area contributed by atoms with E-state index in [-0.39, 0.29) is 27.8 Å². The zero-order valence-corrected chi connectivity index (χ0v) is 22.6. The van der Waals surface area contributed by atoms with Gasteiger partial charge in [0.2, 0.25) is 5.91 Å². The number of carbonyl (C=O) groups is 1. The fourth-order valence-electron chi connectivity index (χ4n) is 5.80. The highest BCUT2D eigenvalue weighted by atomic mass is 35.5. The summed E-state index contributed by atoms with van der Waals surface area (Å²) in [5.74, 6) is -1.09. The number of amides is 1. The van der Waals surface area contributed by atoms with Crippen molar-refractivity contribution >= 4 is 46.6 Å². The lowest BCUT2D eigenvalue weighted by atomic mass is 9.63. The first-order chi connectivity index (χ1) is 19.0. The molecule has 3 aromatic heterocycles. The number of imidazole rings is 1. The van der Waals surface area contributed by atoms with Gasteiger partial charge in [0, 0.05) is 34.2 Å². The highest BCUT2D eigenvalue weighted by molar-refractivity contribution is 6.38. The molecule has 200 valence electrons. The Kier molecular flexibility index (Phi) is 6.19. The number of hydrogen-bond acceptors (Lipinski definition) is 7. The molecule has 10 nitrogen and oxygen atoms in total. The van der Waals surface area contributed by atoms with Gasteiger partial charge >= 0.3 is 0 Å². The van der Waals surface area contributed by atoms with Crippen LogP contribution in [0.5, 0.6) is 0 Å². The highest BCUT2D eigenvalue weighted by Gasteiger charge is 2.49. The first kappa shape index (κ1) is 26.4. The number of tetrazole rings is 1. The van der Waals surface area contributed by atoms with Crippen LogP contribution in [0.2, 0.25) is 5.02 Å². The molecule has 2 aliphatic heterocycles. The molecular formula is C24H22B3ClF2N8O2. The summed E-state index contributed by atoms with van der Waals surface area (Å²) in [6.45, 7) is 0. The number of H-pyrrole nitrogens is 1. The fraction of sp³-hybridized carbons (Fsp3) is 0.250. The zero-order chi connectivity index (χ0) is 28.4. The molecule has 0 unspecified atom stereocenters. The van der Waals surface area contributed by atoms with E-state index in [1.165, 1.54) is 57.3 Å². The van der Waals surface area contributed by atoms with Crippen molar-refractivity contribution < 1.29 is 18.7 Å².